The molecule has 1 heterocycles. The highest BCUT2D eigenvalue weighted by Gasteiger charge is 2.25. The lowest BCUT2D eigenvalue weighted by Crippen LogP contribution is -2.37. The summed E-state index contributed by atoms with van der Waals surface area (Å²) in [5.74, 6) is 0.769. The fraction of sp³-hybridized carbons (Fsp3) is 0.692. The molecule has 0 amide bonds. The molecule has 1 aliphatic rings. The van der Waals surface area contributed by atoms with Crippen LogP contribution in [0.2, 0.25) is 0 Å². The molecule has 19 heavy (non-hydrogen) atoms. The molecule has 0 aliphatic heterocycles. The van der Waals surface area contributed by atoms with Crippen molar-refractivity contribution in [2.75, 3.05) is 0 Å². The van der Waals surface area contributed by atoms with Crippen molar-refractivity contribution in [3.63, 3.8) is 0 Å². The number of nitrogens with two attached hydrogens (primary N) is 1. The van der Waals surface area contributed by atoms with Gasteiger partial charge >= 0.3 is 0 Å². The van der Waals surface area contributed by atoms with Crippen LogP contribution < -0.4 is 10.5 Å². The lowest BCUT2D eigenvalue weighted by Gasteiger charge is -2.28. The van der Waals surface area contributed by atoms with Gasteiger partial charge in [-0.25, -0.2) is 13.1 Å². The molecule has 2 rings (SSSR count). The van der Waals surface area contributed by atoms with E-state index in [1.165, 1.54) is 17.8 Å². The molecular formula is C13H22N2O2S2. The minimum Gasteiger partial charge on any atom is -0.326 e. The van der Waals surface area contributed by atoms with E-state index in [-0.39, 0.29) is 6.04 Å². The van der Waals surface area contributed by atoms with Gasteiger partial charge in [0.25, 0.3) is 0 Å². The minimum atomic E-state index is -3.37. The smallest absolute Gasteiger partial charge is 0.241 e. The van der Waals surface area contributed by atoms with Crippen molar-refractivity contribution in [2.45, 2.75) is 56.5 Å². The van der Waals surface area contributed by atoms with E-state index < -0.39 is 10.0 Å². The third kappa shape index (κ3) is 3.78. The van der Waals surface area contributed by atoms with Gasteiger partial charge in [-0.15, -0.1) is 11.3 Å². The Morgan fingerprint density at radius 2 is 2.05 bits per heavy atom. The highest BCUT2D eigenvalue weighted by molar-refractivity contribution is 7.89. The Hall–Kier alpha value is -0.430. The standard InChI is InChI=1S/C13H22N2O2S2/c1-2-10-3-5-11(6-4-10)15-19(16,17)13-7-12(8-14)18-9-13/h7,9-11,15H,2-6,8,14H2,1H3. The summed E-state index contributed by atoms with van der Waals surface area (Å²) >= 11 is 1.40. The lowest BCUT2D eigenvalue weighted by molar-refractivity contribution is 0.306. The van der Waals surface area contributed by atoms with Crippen molar-refractivity contribution in [3.8, 4) is 0 Å². The summed E-state index contributed by atoms with van der Waals surface area (Å²) in [5, 5.41) is 1.67. The molecule has 6 heteroatoms. The predicted octanol–water partition coefficient (Wildman–Crippen LogP) is 2.45. The fourth-order valence-electron chi connectivity index (χ4n) is 2.58. The van der Waals surface area contributed by atoms with Gasteiger partial charge in [0, 0.05) is 22.8 Å². The number of hydrogen-bond acceptors (Lipinski definition) is 4. The molecule has 1 aromatic heterocycles. The molecule has 1 saturated carbocycles. The summed E-state index contributed by atoms with van der Waals surface area (Å²) < 4.78 is 27.3. The van der Waals surface area contributed by atoms with Crippen LogP contribution in [-0.4, -0.2) is 14.5 Å². The normalized spacial score (nSPS) is 24.5. The van der Waals surface area contributed by atoms with Gasteiger partial charge in [-0.1, -0.05) is 13.3 Å². The molecule has 0 aromatic carbocycles. The number of thiophene rings is 1. The molecule has 0 atom stereocenters. The summed E-state index contributed by atoms with van der Waals surface area (Å²) in [6.45, 7) is 2.59. The molecule has 0 saturated heterocycles. The zero-order chi connectivity index (χ0) is 13.9. The topological polar surface area (TPSA) is 72.2 Å². The van der Waals surface area contributed by atoms with Crippen LogP contribution in [0.25, 0.3) is 0 Å². The maximum absolute atomic E-state index is 12.2. The second kappa shape index (κ2) is 6.35. The van der Waals surface area contributed by atoms with Crippen LogP contribution in [0.1, 0.15) is 43.9 Å². The van der Waals surface area contributed by atoms with Gasteiger partial charge in [0.1, 0.15) is 0 Å². The minimum absolute atomic E-state index is 0.0917. The Balaban J connectivity index is 1.98. The van der Waals surface area contributed by atoms with Gasteiger partial charge in [0.15, 0.2) is 0 Å². The van der Waals surface area contributed by atoms with Crippen LogP contribution in [-0.2, 0) is 16.6 Å². The van der Waals surface area contributed by atoms with E-state index in [0.717, 1.165) is 36.5 Å². The van der Waals surface area contributed by atoms with Gasteiger partial charge in [0.05, 0.1) is 4.90 Å². The van der Waals surface area contributed by atoms with Gasteiger partial charge in [-0.2, -0.15) is 0 Å². The van der Waals surface area contributed by atoms with Crippen molar-refractivity contribution >= 4 is 21.4 Å². The summed E-state index contributed by atoms with van der Waals surface area (Å²) in [5.41, 5.74) is 5.52. The van der Waals surface area contributed by atoms with E-state index >= 15 is 0 Å². The Kier molecular flexibility index (Phi) is 5.00. The Bertz CT molecular complexity index is 502. The first-order valence-corrected chi connectivity index (χ1v) is 9.21. The average Bonchev–Trinajstić information content (AvgIpc) is 2.89. The lowest BCUT2D eigenvalue weighted by atomic mass is 9.85. The van der Waals surface area contributed by atoms with Crippen molar-refractivity contribution in [3.05, 3.63) is 16.3 Å². The molecule has 0 bridgehead atoms. The molecule has 0 unspecified atom stereocenters. The van der Waals surface area contributed by atoms with Crippen LogP contribution in [0, 0.1) is 5.92 Å². The Morgan fingerprint density at radius 1 is 1.37 bits per heavy atom. The van der Waals surface area contributed by atoms with Crippen LogP contribution in [0.5, 0.6) is 0 Å². The maximum Gasteiger partial charge on any atom is 0.241 e. The molecule has 0 radical (unpaired) electrons. The van der Waals surface area contributed by atoms with Gasteiger partial charge in [0.2, 0.25) is 10.0 Å². The molecule has 1 aliphatic carbocycles. The van der Waals surface area contributed by atoms with E-state index in [1.807, 2.05) is 0 Å². The summed E-state index contributed by atoms with van der Waals surface area (Å²) in [7, 11) is -3.37. The van der Waals surface area contributed by atoms with E-state index in [2.05, 4.69) is 11.6 Å². The van der Waals surface area contributed by atoms with Crippen LogP contribution in [0.15, 0.2) is 16.3 Å². The van der Waals surface area contributed by atoms with Crippen LogP contribution >= 0.6 is 11.3 Å². The molecule has 108 valence electrons. The number of nitrogens with one attached hydrogen (secondary N) is 1. The van der Waals surface area contributed by atoms with Crippen molar-refractivity contribution in [2.24, 2.45) is 11.7 Å². The number of hydrogen-bond donors (Lipinski definition) is 2. The van der Waals surface area contributed by atoms with Crippen molar-refractivity contribution < 1.29 is 8.42 Å². The zero-order valence-corrected chi connectivity index (χ0v) is 12.9. The van der Waals surface area contributed by atoms with E-state index in [9.17, 15) is 8.42 Å². The number of rotatable bonds is 5. The first-order valence-electron chi connectivity index (χ1n) is 6.85. The molecule has 3 N–H and O–H groups in total. The van der Waals surface area contributed by atoms with E-state index in [1.54, 1.807) is 11.4 Å². The second-order valence-electron chi connectivity index (χ2n) is 5.20. The Labute approximate surface area is 119 Å². The third-order valence-electron chi connectivity index (χ3n) is 3.89. The van der Waals surface area contributed by atoms with Gasteiger partial charge < -0.3 is 5.73 Å². The maximum atomic E-state index is 12.2. The first-order chi connectivity index (χ1) is 9.05. The molecule has 0 spiro atoms. The van der Waals surface area contributed by atoms with Crippen molar-refractivity contribution in [1.29, 1.82) is 0 Å². The summed E-state index contributed by atoms with van der Waals surface area (Å²) in [4.78, 5) is 1.26. The van der Waals surface area contributed by atoms with Crippen LogP contribution in [0.4, 0.5) is 0 Å². The largest absolute Gasteiger partial charge is 0.326 e. The molecule has 1 aromatic rings. The number of sulfonamides is 1. The zero-order valence-electron chi connectivity index (χ0n) is 11.3. The van der Waals surface area contributed by atoms with Gasteiger partial charge in [-0.05, 0) is 37.7 Å². The monoisotopic (exact) mass is 302 g/mol. The second-order valence-corrected chi connectivity index (χ2v) is 7.91. The molecule has 1 fully saturated rings. The first kappa shape index (κ1) is 15.0. The van der Waals surface area contributed by atoms with Crippen LogP contribution in [0.3, 0.4) is 0 Å². The quantitative estimate of drug-likeness (QED) is 0.877. The highest BCUT2D eigenvalue weighted by Crippen LogP contribution is 2.28. The highest BCUT2D eigenvalue weighted by atomic mass is 32.2. The third-order valence-corrected chi connectivity index (χ3v) is 6.50. The summed E-state index contributed by atoms with van der Waals surface area (Å²) in [6, 6.07) is 1.76. The van der Waals surface area contributed by atoms with Gasteiger partial charge in [-0.3, -0.25) is 0 Å². The van der Waals surface area contributed by atoms with E-state index in [4.69, 9.17) is 5.73 Å². The summed E-state index contributed by atoms with van der Waals surface area (Å²) in [6.07, 6.45) is 5.35. The SMILES string of the molecule is CCC1CCC(NS(=O)(=O)c2csc(CN)c2)CC1. The molecule has 4 nitrogen and oxygen atoms in total. The molecular weight excluding hydrogens is 280 g/mol. The average molecular weight is 302 g/mol. The Morgan fingerprint density at radius 3 is 2.58 bits per heavy atom. The van der Waals surface area contributed by atoms with E-state index in [0.29, 0.717) is 11.4 Å². The predicted molar refractivity (Wildman–Crippen MR) is 78.6 cm³/mol. The fourth-order valence-corrected chi connectivity index (χ4v) is 5.04. The van der Waals surface area contributed by atoms with Crippen molar-refractivity contribution in [1.82, 2.24) is 4.72 Å².